The van der Waals surface area contributed by atoms with Crippen LogP contribution < -0.4 is 10.6 Å². The fraction of sp³-hybridized carbons (Fsp3) is 0.278. The second-order valence-electron chi connectivity index (χ2n) is 6.29. The first-order chi connectivity index (χ1) is 13.4. The monoisotopic (exact) mass is 423 g/mol. The lowest BCUT2D eigenvalue weighted by Gasteiger charge is -2.27. The highest BCUT2D eigenvalue weighted by Crippen LogP contribution is 2.36. The van der Waals surface area contributed by atoms with Crippen molar-refractivity contribution in [3.05, 3.63) is 48.3 Å². The molecule has 1 fully saturated rings. The van der Waals surface area contributed by atoms with E-state index in [0.717, 1.165) is 16.6 Å². The van der Waals surface area contributed by atoms with Gasteiger partial charge in [-0.15, -0.1) is 0 Å². The first-order valence-electron chi connectivity index (χ1n) is 8.66. The highest BCUT2D eigenvalue weighted by molar-refractivity contribution is 8.01. The molecule has 10 heteroatoms. The predicted molar refractivity (Wildman–Crippen MR) is 104 cm³/mol. The highest BCUT2D eigenvalue weighted by atomic mass is 32.2. The van der Waals surface area contributed by atoms with Crippen LogP contribution in [0.15, 0.2) is 52.3 Å². The molecular formula is C18H18FN3O4S2. The highest BCUT2D eigenvalue weighted by Gasteiger charge is 2.31. The van der Waals surface area contributed by atoms with Gasteiger partial charge >= 0.3 is 0 Å². The molecule has 0 bridgehead atoms. The van der Waals surface area contributed by atoms with E-state index in [-0.39, 0.29) is 32.2 Å². The van der Waals surface area contributed by atoms with Gasteiger partial charge < -0.3 is 15.4 Å². The van der Waals surface area contributed by atoms with Gasteiger partial charge in [-0.1, -0.05) is 23.9 Å². The number of benzene rings is 2. The summed E-state index contributed by atoms with van der Waals surface area (Å²) in [6.07, 6.45) is 0. The Morgan fingerprint density at radius 1 is 1.18 bits per heavy atom. The summed E-state index contributed by atoms with van der Waals surface area (Å²) in [7, 11) is -3.99. The molecule has 2 aliphatic rings. The van der Waals surface area contributed by atoms with E-state index in [9.17, 15) is 17.6 Å². The number of nitrogens with zero attached hydrogens (tertiary/aromatic N) is 1. The summed E-state index contributed by atoms with van der Waals surface area (Å²) in [5, 5.41) is 5.12. The minimum absolute atomic E-state index is 0.178. The van der Waals surface area contributed by atoms with Crippen molar-refractivity contribution in [1.82, 2.24) is 4.31 Å². The van der Waals surface area contributed by atoms with Crippen LogP contribution in [-0.2, 0) is 19.6 Å². The van der Waals surface area contributed by atoms with Gasteiger partial charge in [0.05, 0.1) is 18.9 Å². The SMILES string of the molecule is O=C1Nc2ccccc2SC1Nc1ccc(F)c(S(=O)(=O)N2CCOCC2)c1. The number of carbonyl (C=O) groups excluding carboxylic acids is 1. The minimum Gasteiger partial charge on any atom is -0.379 e. The van der Waals surface area contributed by atoms with Crippen LogP contribution in [0.25, 0.3) is 0 Å². The van der Waals surface area contributed by atoms with Gasteiger partial charge in [0.15, 0.2) is 5.37 Å². The number of halogens is 1. The number of ether oxygens (including phenoxy) is 1. The predicted octanol–water partition coefficient (Wildman–Crippen LogP) is 2.33. The minimum atomic E-state index is -3.99. The molecule has 7 nitrogen and oxygen atoms in total. The van der Waals surface area contributed by atoms with E-state index < -0.39 is 26.1 Å². The molecule has 2 heterocycles. The van der Waals surface area contributed by atoms with Gasteiger partial charge in [0.2, 0.25) is 10.0 Å². The van der Waals surface area contributed by atoms with Crippen LogP contribution in [0, 0.1) is 5.82 Å². The summed E-state index contributed by atoms with van der Waals surface area (Å²) >= 11 is 1.31. The summed E-state index contributed by atoms with van der Waals surface area (Å²) in [4.78, 5) is 12.8. The third-order valence-electron chi connectivity index (χ3n) is 4.44. The molecular weight excluding hydrogens is 405 g/mol. The van der Waals surface area contributed by atoms with Crippen LogP contribution in [0.3, 0.4) is 0 Å². The van der Waals surface area contributed by atoms with Crippen LogP contribution in [0.1, 0.15) is 0 Å². The second kappa shape index (κ2) is 7.70. The Morgan fingerprint density at radius 2 is 1.93 bits per heavy atom. The molecule has 28 heavy (non-hydrogen) atoms. The maximum Gasteiger partial charge on any atom is 0.257 e. The van der Waals surface area contributed by atoms with Crippen molar-refractivity contribution < 1.29 is 22.3 Å². The molecule has 0 aromatic heterocycles. The largest absolute Gasteiger partial charge is 0.379 e. The van der Waals surface area contributed by atoms with Crippen molar-refractivity contribution in [1.29, 1.82) is 0 Å². The number of carbonyl (C=O) groups is 1. The van der Waals surface area contributed by atoms with Crippen LogP contribution in [0.2, 0.25) is 0 Å². The third kappa shape index (κ3) is 3.72. The van der Waals surface area contributed by atoms with E-state index in [0.29, 0.717) is 5.69 Å². The lowest BCUT2D eigenvalue weighted by Crippen LogP contribution is -2.41. The number of rotatable bonds is 4. The Kier molecular flexibility index (Phi) is 5.28. The average molecular weight is 423 g/mol. The van der Waals surface area contributed by atoms with Gasteiger partial charge in [-0.05, 0) is 30.3 Å². The zero-order valence-corrected chi connectivity index (χ0v) is 16.4. The Bertz CT molecular complexity index is 1010. The second-order valence-corrected chi connectivity index (χ2v) is 9.34. The number of hydrogen-bond donors (Lipinski definition) is 2. The number of anilines is 2. The standard InChI is InChI=1S/C18H18FN3O4S2/c19-13-6-5-12(11-16(13)28(24,25)22-7-9-26-10-8-22)20-18-17(23)21-14-3-1-2-4-15(14)27-18/h1-6,11,18,20H,7-10H2,(H,21,23). The zero-order chi connectivity index (χ0) is 19.7. The van der Waals surface area contributed by atoms with Gasteiger partial charge in [-0.2, -0.15) is 4.31 Å². The van der Waals surface area contributed by atoms with Crippen LogP contribution in [-0.4, -0.2) is 50.3 Å². The van der Waals surface area contributed by atoms with Gasteiger partial charge in [0, 0.05) is 23.7 Å². The van der Waals surface area contributed by atoms with E-state index in [1.165, 1.54) is 28.2 Å². The molecule has 1 atom stereocenters. The number of sulfonamides is 1. The van der Waals surface area contributed by atoms with Crippen molar-refractivity contribution >= 4 is 39.1 Å². The molecule has 0 radical (unpaired) electrons. The van der Waals surface area contributed by atoms with E-state index in [1.807, 2.05) is 18.2 Å². The van der Waals surface area contributed by atoms with Crippen molar-refractivity contribution in [3.63, 3.8) is 0 Å². The molecule has 2 aromatic rings. The summed E-state index contributed by atoms with van der Waals surface area (Å²) < 4.78 is 46.3. The Morgan fingerprint density at radius 3 is 2.71 bits per heavy atom. The average Bonchev–Trinajstić information content (AvgIpc) is 2.70. The molecule has 1 amide bonds. The van der Waals surface area contributed by atoms with Crippen LogP contribution in [0.4, 0.5) is 15.8 Å². The van der Waals surface area contributed by atoms with Gasteiger partial charge in [-0.25, -0.2) is 12.8 Å². The lowest BCUT2D eigenvalue weighted by atomic mass is 10.3. The number of para-hydroxylation sites is 1. The van der Waals surface area contributed by atoms with Crippen molar-refractivity contribution in [2.24, 2.45) is 0 Å². The molecule has 4 rings (SSSR count). The molecule has 1 saturated heterocycles. The Labute approximate surface area is 166 Å². The Hall–Kier alpha value is -2.14. The Balaban J connectivity index is 1.58. The number of nitrogens with one attached hydrogen (secondary N) is 2. The first kappa shape index (κ1) is 19.2. The zero-order valence-electron chi connectivity index (χ0n) is 14.7. The van der Waals surface area contributed by atoms with Gasteiger partial charge in [0.1, 0.15) is 10.7 Å². The van der Waals surface area contributed by atoms with E-state index in [4.69, 9.17) is 4.74 Å². The fourth-order valence-corrected chi connectivity index (χ4v) is 5.53. The smallest absolute Gasteiger partial charge is 0.257 e. The molecule has 0 saturated carbocycles. The van der Waals surface area contributed by atoms with Crippen molar-refractivity contribution in [3.8, 4) is 0 Å². The van der Waals surface area contributed by atoms with Crippen LogP contribution >= 0.6 is 11.8 Å². The number of amides is 1. The topological polar surface area (TPSA) is 87.7 Å². The number of hydrogen-bond acceptors (Lipinski definition) is 6. The van der Waals surface area contributed by atoms with Crippen molar-refractivity contribution in [2.45, 2.75) is 15.2 Å². The summed E-state index contributed by atoms with van der Waals surface area (Å²) in [6, 6.07) is 11.1. The van der Waals surface area contributed by atoms with E-state index in [1.54, 1.807) is 6.07 Å². The molecule has 148 valence electrons. The molecule has 1 unspecified atom stereocenters. The maximum absolute atomic E-state index is 14.3. The third-order valence-corrected chi connectivity index (χ3v) is 7.54. The van der Waals surface area contributed by atoms with E-state index in [2.05, 4.69) is 10.6 Å². The van der Waals surface area contributed by atoms with Gasteiger partial charge in [0.25, 0.3) is 5.91 Å². The normalized spacial score (nSPS) is 20.3. The molecule has 0 aliphatic carbocycles. The summed E-state index contributed by atoms with van der Waals surface area (Å²) in [5.74, 6) is -1.09. The van der Waals surface area contributed by atoms with Crippen LogP contribution in [0.5, 0.6) is 0 Å². The lowest BCUT2D eigenvalue weighted by molar-refractivity contribution is -0.115. The molecule has 2 aliphatic heterocycles. The van der Waals surface area contributed by atoms with Gasteiger partial charge in [-0.3, -0.25) is 4.79 Å². The molecule has 0 spiro atoms. The summed E-state index contributed by atoms with van der Waals surface area (Å²) in [6.45, 7) is 0.905. The summed E-state index contributed by atoms with van der Waals surface area (Å²) in [5.41, 5.74) is 1.07. The van der Waals surface area contributed by atoms with Crippen molar-refractivity contribution in [2.75, 3.05) is 36.9 Å². The quantitative estimate of drug-likeness (QED) is 0.785. The van der Waals surface area contributed by atoms with E-state index >= 15 is 0 Å². The number of thioether (sulfide) groups is 1. The first-order valence-corrected chi connectivity index (χ1v) is 11.0. The maximum atomic E-state index is 14.3. The number of fused-ring (bicyclic) bond motifs is 1. The molecule has 2 aromatic carbocycles. The number of morpholine rings is 1. The fourth-order valence-electron chi connectivity index (χ4n) is 3.01. The molecule has 2 N–H and O–H groups in total.